The van der Waals surface area contributed by atoms with E-state index in [1.54, 1.807) is 0 Å². The highest BCUT2D eigenvalue weighted by Gasteiger charge is 2.65. The van der Waals surface area contributed by atoms with E-state index < -0.39 is 5.66 Å². The molecule has 0 saturated heterocycles. The molecule has 8 aromatic rings. The minimum atomic E-state index is -0.737. The van der Waals surface area contributed by atoms with Crippen molar-refractivity contribution in [3.8, 4) is 34.5 Å². The van der Waals surface area contributed by atoms with Crippen LogP contribution in [0, 0.1) is 0 Å². The summed E-state index contributed by atoms with van der Waals surface area (Å²) in [4.78, 5) is 0. The molecule has 4 aliphatic rings. The number of rotatable bonds is 0. The molecule has 0 aliphatic carbocycles. The lowest BCUT2D eigenvalue weighted by Crippen LogP contribution is -2.78. The summed E-state index contributed by atoms with van der Waals surface area (Å²) in [6.07, 6.45) is 4.45. The Labute approximate surface area is 232 Å². The highest BCUT2D eigenvalue weighted by Crippen LogP contribution is 2.57. The topological polar surface area (TPSA) is 36.1 Å². The fourth-order valence-electron chi connectivity index (χ4n) is 8.41. The molecule has 0 amide bonds. The van der Waals surface area contributed by atoms with Gasteiger partial charge in [0.15, 0.2) is 16.8 Å². The summed E-state index contributed by atoms with van der Waals surface area (Å²) in [5.41, 5.74) is 7.31. The van der Waals surface area contributed by atoms with Crippen LogP contribution in [0.2, 0.25) is 0 Å². The molecular weight excluding hydrogens is 508 g/mol. The second-order valence-corrected chi connectivity index (χ2v) is 11.4. The van der Waals surface area contributed by atoms with E-state index in [4.69, 9.17) is 9.47 Å². The SMILES string of the molecule is c1cc2c3c(c1)-n1c4ccccc4c4ccc[n+](c41)C31c3c(ccc4c5cccc6c5n(c34)-c3c(ccc[n+]31)O6)O2. The second kappa shape index (κ2) is 5.93. The molecule has 0 bridgehead atoms. The third-order valence-corrected chi connectivity index (χ3v) is 9.71. The van der Waals surface area contributed by atoms with E-state index in [2.05, 4.69) is 128 Å². The number of ether oxygens (including phenoxy) is 2. The van der Waals surface area contributed by atoms with Gasteiger partial charge < -0.3 is 9.47 Å². The average Bonchev–Trinajstić information content (AvgIpc) is 3.54. The summed E-state index contributed by atoms with van der Waals surface area (Å²) >= 11 is 0. The summed E-state index contributed by atoms with van der Waals surface area (Å²) in [6, 6.07) is 34.5. The van der Waals surface area contributed by atoms with Gasteiger partial charge in [0.25, 0.3) is 5.65 Å². The van der Waals surface area contributed by atoms with Crippen LogP contribution in [0.3, 0.4) is 0 Å². The van der Waals surface area contributed by atoms with Gasteiger partial charge in [-0.3, -0.25) is 0 Å². The maximum Gasteiger partial charge on any atom is 0.335 e. The molecule has 41 heavy (non-hydrogen) atoms. The molecule has 188 valence electrons. The van der Waals surface area contributed by atoms with Crippen LogP contribution in [0.25, 0.3) is 55.2 Å². The minimum Gasteiger partial charge on any atom is -0.456 e. The van der Waals surface area contributed by atoms with Crippen LogP contribution >= 0.6 is 0 Å². The van der Waals surface area contributed by atoms with Gasteiger partial charge in [0, 0.05) is 16.2 Å². The molecule has 0 saturated carbocycles. The van der Waals surface area contributed by atoms with Gasteiger partial charge in [0.2, 0.25) is 5.75 Å². The lowest BCUT2D eigenvalue weighted by Gasteiger charge is -2.41. The zero-order valence-electron chi connectivity index (χ0n) is 21.5. The van der Waals surface area contributed by atoms with Crippen molar-refractivity contribution in [2.24, 2.45) is 0 Å². The lowest BCUT2D eigenvalue weighted by molar-refractivity contribution is -0.961. The summed E-state index contributed by atoms with van der Waals surface area (Å²) in [6.45, 7) is 0. The number of benzene rings is 4. The molecule has 0 N–H and O–H groups in total. The summed E-state index contributed by atoms with van der Waals surface area (Å²) < 4.78 is 23.2. The van der Waals surface area contributed by atoms with Gasteiger partial charge in [-0.2, -0.15) is 18.3 Å². The molecule has 6 heteroatoms. The predicted molar refractivity (Wildman–Crippen MR) is 154 cm³/mol. The highest BCUT2D eigenvalue weighted by molar-refractivity contribution is 6.14. The first-order valence-electron chi connectivity index (χ1n) is 14.0. The zero-order valence-corrected chi connectivity index (χ0v) is 21.5. The zero-order chi connectivity index (χ0) is 26.2. The Kier molecular flexibility index (Phi) is 2.81. The average molecular weight is 527 g/mol. The van der Waals surface area contributed by atoms with E-state index in [1.807, 2.05) is 0 Å². The molecule has 12 rings (SSSR count). The van der Waals surface area contributed by atoms with E-state index in [9.17, 15) is 0 Å². The summed E-state index contributed by atoms with van der Waals surface area (Å²) in [5.74, 6) is 4.51. The fourth-order valence-corrected chi connectivity index (χ4v) is 8.41. The van der Waals surface area contributed by atoms with Gasteiger partial charge in [-0.05, 0) is 72.8 Å². The Hall–Kier alpha value is -5.62. The second-order valence-electron chi connectivity index (χ2n) is 11.4. The van der Waals surface area contributed by atoms with Gasteiger partial charge in [0.1, 0.15) is 33.8 Å². The number of aromatic nitrogens is 4. The maximum atomic E-state index is 6.86. The Morgan fingerprint density at radius 1 is 0.512 bits per heavy atom. The van der Waals surface area contributed by atoms with E-state index in [0.717, 1.165) is 56.8 Å². The predicted octanol–water partition coefficient (Wildman–Crippen LogP) is 6.59. The van der Waals surface area contributed by atoms with Crippen LogP contribution in [-0.4, -0.2) is 9.13 Å². The maximum absolute atomic E-state index is 6.86. The lowest BCUT2D eigenvalue weighted by atomic mass is 9.81. The van der Waals surface area contributed by atoms with Crippen LogP contribution in [0.1, 0.15) is 11.1 Å². The number of fused-ring (bicyclic) bond motifs is 5. The van der Waals surface area contributed by atoms with E-state index >= 15 is 0 Å². The third-order valence-electron chi connectivity index (χ3n) is 9.71. The molecule has 4 aromatic carbocycles. The van der Waals surface area contributed by atoms with Crippen LogP contribution in [0.15, 0.2) is 109 Å². The molecular formula is C35H18N4O2+2. The van der Waals surface area contributed by atoms with Gasteiger partial charge in [-0.1, -0.05) is 24.3 Å². The van der Waals surface area contributed by atoms with E-state index in [-0.39, 0.29) is 0 Å². The molecule has 0 fully saturated rings. The fraction of sp³-hybridized carbons (Fsp3) is 0.0286. The Morgan fingerprint density at radius 3 is 2.24 bits per heavy atom. The molecule has 0 radical (unpaired) electrons. The normalized spacial score (nSPS) is 17.8. The number of para-hydroxylation sites is 2. The van der Waals surface area contributed by atoms with Crippen molar-refractivity contribution in [2.75, 3.05) is 0 Å². The van der Waals surface area contributed by atoms with Crippen molar-refractivity contribution < 1.29 is 18.6 Å². The van der Waals surface area contributed by atoms with Crippen molar-refractivity contribution in [3.05, 3.63) is 121 Å². The minimum absolute atomic E-state index is 0.737. The van der Waals surface area contributed by atoms with Crippen LogP contribution in [0.4, 0.5) is 0 Å². The van der Waals surface area contributed by atoms with E-state index in [1.165, 1.54) is 32.6 Å². The largest absolute Gasteiger partial charge is 0.456 e. The molecule has 1 spiro atoms. The molecule has 1 unspecified atom stereocenters. The summed E-state index contributed by atoms with van der Waals surface area (Å²) in [5, 5.41) is 4.85. The van der Waals surface area contributed by atoms with Gasteiger partial charge in [0.05, 0.1) is 17.8 Å². The van der Waals surface area contributed by atoms with Crippen molar-refractivity contribution >= 4 is 43.7 Å². The monoisotopic (exact) mass is 526 g/mol. The van der Waals surface area contributed by atoms with E-state index in [0.29, 0.717) is 0 Å². The Morgan fingerprint density at radius 2 is 1.24 bits per heavy atom. The first-order chi connectivity index (χ1) is 20.4. The van der Waals surface area contributed by atoms with Crippen molar-refractivity contribution in [1.82, 2.24) is 9.13 Å². The number of hydrogen-bond acceptors (Lipinski definition) is 2. The first kappa shape index (κ1) is 19.4. The molecule has 4 aliphatic heterocycles. The standard InChI is InChI=1S/C35H18N4O2/c1-2-10-23-19(7-1)22-9-5-17-36-33(22)38(23)24-11-4-12-25-29(24)35(36)30-26(40-25)16-15-21-20-8-3-13-27-31(20)39(32(21)30)34-28(41-27)14-6-18-37(34)35/h1-18H/q+2. The molecule has 8 heterocycles. The summed E-state index contributed by atoms with van der Waals surface area (Å²) in [7, 11) is 0. The smallest absolute Gasteiger partial charge is 0.335 e. The van der Waals surface area contributed by atoms with Gasteiger partial charge in [-0.15, -0.1) is 0 Å². The Bertz CT molecular complexity index is 2610. The molecule has 4 aromatic heterocycles. The van der Waals surface area contributed by atoms with Gasteiger partial charge >= 0.3 is 11.5 Å². The van der Waals surface area contributed by atoms with Crippen LogP contribution < -0.4 is 18.6 Å². The number of pyridine rings is 2. The Balaban J connectivity index is 1.45. The number of nitrogens with zero attached hydrogens (tertiary/aromatic N) is 4. The van der Waals surface area contributed by atoms with Crippen molar-refractivity contribution in [1.29, 1.82) is 0 Å². The molecule has 6 nitrogen and oxygen atoms in total. The first-order valence-corrected chi connectivity index (χ1v) is 14.0. The third kappa shape index (κ3) is 1.78. The van der Waals surface area contributed by atoms with Gasteiger partial charge in [-0.25, -0.2) is 0 Å². The van der Waals surface area contributed by atoms with Crippen molar-refractivity contribution in [2.45, 2.75) is 5.66 Å². The van der Waals surface area contributed by atoms with Crippen molar-refractivity contribution in [3.63, 3.8) is 0 Å². The number of hydrogen-bond donors (Lipinski definition) is 0. The van der Waals surface area contributed by atoms with Crippen LogP contribution in [-0.2, 0) is 5.66 Å². The molecule has 1 atom stereocenters. The quantitative estimate of drug-likeness (QED) is 0.209. The van der Waals surface area contributed by atoms with Crippen LogP contribution in [0.5, 0.6) is 23.0 Å². The highest BCUT2D eigenvalue weighted by atomic mass is 16.5.